The maximum Gasteiger partial charge on any atom is 0.124 e. The quantitative estimate of drug-likeness (QED) is 0.854. The molecule has 90 valence electrons. The number of aliphatic hydroxyl groups excluding tert-OH is 1. The molecule has 0 saturated carbocycles. The summed E-state index contributed by atoms with van der Waals surface area (Å²) < 4.78 is 10.7. The van der Waals surface area contributed by atoms with Gasteiger partial charge in [0.15, 0.2) is 0 Å². The molecule has 0 saturated heterocycles. The van der Waals surface area contributed by atoms with Gasteiger partial charge in [-0.05, 0) is 26.8 Å². The summed E-state index contributed by atoms with van der Waals surface area (Å²) in [7, 11) is 1.59. The molecule has 1 rings (SSSR count). The van der Waals surface area contributed by atoms with Crippen LogP contribution in [-0.4, -0.2) is 24.4 Å². The van der Waals surface area contributed by atoms with Crippen LogP contribution in [0.4, 0.5) is 0 Å². The SMILES string of the molecule is COc1ccccc1C(O)COC(C)(C)C. The lowest BCUT2D eigenvalue weighted by molar-refractivity contribution is -0.0500. The van der Waals surface area contributed by atoms with Crippen LogP contribution < -0.4 is 4.74 Å². The van der Waals surface area contributed by atoms with Crippen LogP contribution in [0.5, 0.6) is 5.75 Å². The van der Waals surface area contributed by atoms with Gasteiger partial charge in [-0.3, -0.25) is 0 Å². The number of hydrogen-bond acceptors (Lipinski definition) is 3. The molecule has 0 aliphatic heterocycles. The molecular weight excluding hydrogens is 204 g/mol. The van der Waals surface area contributed by atoms with Crippen molar-refractivity contribution in [3.63, 3.8) is 0 Å². The molecule has 0 fully saturated rings. The highest BCUT2D eigenvalue weighted by atomic mass is 16.5. The number of hydrogen-bond donors (Lipinski definition) is 1. The van der Waals surface area contributed by atoms with E-state index in [0.717, 1.165) is 5.56 Å². The molecule has 0 aliphatic rings. The molecule has 0 bridgehead atoms. The van der Waals surface area contributed by atoms with Gasteiger partial charge in [-0.2, -0.15) is 0 Å². The summed E-state index contributed by atoms with van der Waals surface area (Å²) in [4.78, 5) is 0. The zero-order valence-corrected chi connectivity index (χ0v) is 10.4. The van der Waals surface area contributed by atoms with Gasteiger partial charge in [-0.25, -0.2) is 0 Å². The van der Waals surface area contributed by atoms with Gasteiger partial charge in [0.05, 0.1) is 19.3 Å². The fraction of sp³-hybridized carbons (Fsp3) is 0.538. The average molecular weight is 224 g/mol. The Kier molecular flexibility index (Phi) is 4.33. The smallest absolute Gasteiger partial charge is 0.124 e. The molecule has 1 N–H and O–H groups in total. The van der Waals surface area contributed by atoms with Crippen LogP contribution in [0, 0.1) is 0 Å². The van der Waals surface area contributed by atoms with Gasteiger partial charge in [-0.15, -0.1) is 0 Å². The largest absolute Gasteiger partial charge is 0.496 e. The Balaban J connectivity index is 2.69. The maximum atomic E-state index is 9.99. The predicted octanol–water partition coefficient (Wildman–Crippen LogP) is 2.54. The highest BCUT2D eigenvalue weighted by Crippen LogP contribution is 2.25. The summed E-state index contributed by atoms with van der Waals surface area (Å²) in [5.74, 6) is 0.688. The third-order valence-corrected chi connectivity index (χ3v) is 2.17. The molecule has 1 aromatic carbocycles. The number of para-hydroxylation sites is 1. The van der Waals surface area contributed by atoms with Crippen molar-refractivity contribution in [2.75, 3.05) is 13.7 Å². The molecule has 0 radical (unpaired) electrons. The molecule has 0 aliphatic carbocycles. The van der Waals surface area contributed by atoms with Crippen LogP contribution in [0.1, 0.15) is 32.4 Å². The first-order valence-corrected chi connectivity index (χ1v) is 5.39. The van der Waals surface area contributed by atoms with E-state index in [2.05, 4.69) is 0 Å². The Morgan fingerprint density at radius 3 is 2.44 bits per heavy atom. The van der Waals surface area contributed by atoms with Gasteiger partial charge in [0.2, 0.25) is 0 Å². The van der Waals surface area contributed by atoms with E-state index in [9.17, 15) is 5.11 Å². The molecule has 1 aromatic rings. The number of rotatable bonds is 4. The second-order valence-corrected chi connectivity index (χ2v) is 4.68. The van der Waals surface area contributed by atoms with Crippen LogP contribution in [0.2, 0.25) is 0 Å². The van der Waals surface area contributed by atoms with E-state index in [4.69, 9.17) is 9.47 Å². The second-order valence-electron chi connectivity index (χ2n) is 4.68. The van der Waals surface area contributed by atoms with Gasteiger partial charge in [0.25, 0.3) is 0 Å². The van der Waals surface area contributed by atoms with Crippen LogP contribution in [0.3, 0.4) is 0 Å². The summed E-state index contributed by atoms with van der Waals surface area (Å²) in [5.41, 5.74) is 0.512. The van der Waals surface area contributed by atoms with Gasteiger partial charge in [0.1, 0.15) is 11.9 Å². The van der Waals surface area contributed by atoms with E-state index in [0.29, 0.717) is 5.75 Å². The number of aliphatic hydroxyl groups is 1. The highest BCUT2D eigenvalue weighted by molar-refractivity contribution is 5.34. The first kappa shape index (κ1) is 13.0. The summed E-state index contributed by atoms with van der Waals surface area (Å²) in [6.45, 7) is 6.15. The third kappa shape index (κ3) is 3.83. The molecule has 16 heavy (non-hydrogen) atoms. The van der Waals surface area contributed by atoms with E-state index in [-0.39, 0.29) is 12.2 Å². The predicted molar refractivity (Wildman–Crippen MR) is 63.7 cm³/mol. The molecule has 0 spiro atoms. The molecule has 0 aromatic heterocycles. The molecule has 0 heterocycles. The van der Waals surface area contributed by atoms with Gasteiger partial charge >= 0.3 is 0 Å². The van der Waals surface area contributed by atoms with Crippen LogP contribution in [-0.2, 0) is 4.74 Å². The van der Waals surface area contributed by atoms with Crippen molar-refractivity contribution in [2.24, 2.45) is 0 Å². The minimum Gasteiger partial charge on any atom is -0.496 e. The highest BCUT2D eigenvalue weighted by Gasteiger charge is 2.17. The molecule has 1 atom stereocenters. The van der Waals surface area contributed by atoms with E-state index >= 15 is 0 Å². The monoisotopic (exact) mass is 224 g/mol. The number of benzene rings is 1. The van der Waals surface area contributed by atoms with E-state index in [1.54, 1.807) is 7.11 Å². The van der Waals surface area contributed by atoms with Crippen molar-refractivity contribution in [3.05, 3.63) is 29.8 Å². The minimum atomic E-state index is -0.657. The zero-order chi connectivity index (χ0) is 12.2. The number of methoxy groups -OCH3 is 1. The fourth-order valence-corrected chi connectivity index (χ4v) is 1.36. The van der Waals surface area contributed by atoms with Crippen molar-refractivity contribution in [1.82, 2.24) is 0 Å². The van der Waals surface area contributed by atoms with Crippen molar-refractivity contribution in [3.8, 4) is 5.75 Å². The van der Waals surface area contributed by atoms with Crippen LogP contribution >= 0.6 is 0 Å². The standard InChI is InChI=1S/C13H20O3/c1-13(2,3)16-9-11(14)10-7-5-6-8-12(10)15-4/h5-8,11,14H,9H2,1-4H3. The Bertz CT molecular complexity index is 328. The second kappa shape index (κ2) is 5.32. The van der Waals surface area contributed by atoms with Gasteiger partial charge in [0, 0.05) is 5.56 Å². The Labute approximate surface area is 97.0 Å². The third-order valence-electron chi connectivity index (χ3n) is 2.17. The lowest BCUT2D eigenvalue weighted by atomic mass is 10.1. The molecule has 3 nitrogen and oxygen atoms in total. The Morgan fingerprint density at radius 2 is 1.88 bits per heavy atom. The first-order valence-electron chi connectivity index (χ1n) is 5.39. The van der Waals surface area contributed by atoms with E-state index < -0.39 is 6.10 Å². The summed E-state index contributed by atoms with van der Waals surface area (Å²) >= 11 is 0. The lowest BCUT2D eigenvalue weighted by Crippen LogP contribution is -2.22. The Morgan fingerprint density at radius 1 is 1.25 bits per heavy atom. The van der Waals surface area contributed by atoms with Crippen molar-refractivity contribution in [1.29, 1.82) is 0 Å². The van der Waals surface area contributed by atoms with Crippen molar-refractivity contribution < 1.29 is 14.6 Å². The van der Waals surface area contributed by atoms with Gasteiger partial charge < -0.3 is 14.6 Å². The summed E-state index contributed by atoms with van der Waals surface area (Å²) in [5, 5.41) is 9.99. The first-order chi connectivity index (χ1) is 7.44. The van der Waals surface area contributed by atoms with Crippen LogP contribution in [0.15, 0.2) is 24.3 Å². The topological polar surface area (TPSA) is 38.7 Å². The lowest BCUT2D eigenvalue weighted by Gasteiger charge is -2.22. The van der Waals surface area contributed by atoms with Crippen molar-refractivity contribution >= 4 is 0 Å². The molecule has 1 unspecified atom stereocenters. The summed E-state index contributed by atoms with van der Waals surface area (Å²) in [6, 6.07) is 7.42. The Hall–Kier alpha value is -1.06. The van der Waals surface area contributed by atoms with Crippen molar-refractivity contribution in [2.45, 2.75) is 32.5 Å². The van der Waals surface area contributed by atoms with E-state index in [1.165, 1.54) is 0 Å². The summed E-state index contributed by atoms with van der Waals surface area (Å²) in [6.07, 6.45) is -0.657. The fourth-order valence-electron chi connectivity index (χ4n) is 1.36. The maximum absolute atomic E-state index is 9.99. The minimum absolute atomic E-state index is 0.247. The van der Waals surface area contributed by atoms with Crippen LogP contribution in [0.25, 0.3) is 0 Å². The molecule has 3 heteroatoms. The molecular formula is C13H20O3. The zero-order valence-electron chi connectivity index (χ0n) is 10.4. The van der Waals surface area contributed by atoms with E-state index in [1.807, 2.05) is 45.0 Å². The average Bonchev–Trinajstić information content (AvgIpc) is 2.25. The van der Waals surface area contributed by atoms with Gasteiger partial charge in [-0.1, -0.05) is 18.2 Å². The molecule has 0 amide bonds. The normalized spacial score (nSPS) is 13.6. The number of ether oxygens (including phenoxy) is 2.